The minimum absolute atomic E-state index is 0.0158. The first-order valence-corrected chi connectivity index (χ1v) is 7.34. The quantitative estimate of drug-likeness (QED) is 0.310. The zero-order valence-corrected chi connectivity index (χ0v) is 13.5. The molecule has 0 aromatic heterocycles. The van der Waals surface area contributed by atoms with Crippen LogP contribution in [0.4, 0.5) is 11.4 Å². The van der Waals surface area contributed by atoms with Crippen molar-refractivity contribution in [3.63, 3.8) is 0 Å². The number of hydrogen-bond acceptors (Lipinski definition) is 5. The van der Waals surface area contributed by atoms with Gasteiger partial charge in [0.2, 0.25) is 0 Å². The molecular weight excluding hydrogens is 399 g/mol. The summed E-state index contributed by atoms with van der Waals surface area (Å²) in [5, 5.41) is 11.9. The maximum absolute atomic E-state index is 11.8. The summed E-state index contributed by atoms with van der Waals surface area (Å²) in [5.41, 5.74) is 6.41. The minimum atomic E-state index is -0.772. The van der Waals surface area contributed by atoms with E-state index in [0.29, 0.717) is 5.69 Å². The maximum atomic E-state index is 11.8. The molecule has 1 amide bonds. The molecule has 6 nitrogen and oxygen atoms in total. The molecule has 0 fully saturated rings. The number of carbonyl (C=O) groups excluding carboxylic acids is 2. The highest BCUT2D eigenvalue weighted by Gasteiger charge is 2.14. The first kappa shape index (κ1) is 16.1. The Bertz CT molecular complexity index is 701. The molecule has 0 atom stereocenters. The standard InChI is InChI=1S/C15H13IN2O4/c16-9-1-3-10(4-2-9)18-14(20)8-22-15(21)12-7-11(19)5-6-13(12)17/h1-7,19H,8,17H2,(H,18,20). The third-order valence-electron chi connectivity index (χ3n) is 2.72. The van der Waals surface area contributed by atoms with Crippen LogP contribution < -0.4 is 11.1 Å². The van der Waals surface area contributed by atoms with Crippen molar-refractivity contribution in [3.8, 4) is 5.75 Å². The van der Waals surface area contributed by atoms with Crippen molar-refractivity contribution in [1.29, 1.82) is 0 Å². The minimum Gasteiger partial charge on any atom is -0.508 e. The molecule has 0 heterocycles. The number of nitrogen functional groups attached to an aromatic ring is 1. The number of halogens is 1. The van der Waals surface area contributed by atoms with E-state index in [-0.39, 0.29) is 17.0 Å². The summed E-state index contributed by atoms with van der Waals surface area (Å²) in [6.45, 7) is -0.445. The van der Waals surface area contributed by atoms with Gasteiger partial charge in [-0.05, 0) is 65.1 Å². The van der Waals surface area contributed by atoms with Gasteiger partial charge in [0.05, 0.1) is 5.56 Å². The fraction of sp³-hybridized carbons (Fsp3) is 0.0667. The summed E-state index contributed by atoms with van der Waals surface area (Å²) in [4.78, 5) is 23.5. The van der Waals surface area contributed by atoms with E-state index in [9.17, 15) is 14.7 Å². The van der Waals surface area contributed by atoms with Gasteiger partial charge >= 0.3 is 5.97 Å². The number of phenolic OH excluding ortho intramolecular Hbond substituents is 1. The van der Waals surface area contributed by atoms with Gasteiger partial charge in [-0.1, -0.05) is 0 Å². The summed E-state index contributed by atoms with van der Waals surface area (Å²) >= 11 is 2.15. The van der Waals surface area contributed by atoms with Gasteiger partial charge in [0, 0.05) is 14.9 Å². The van der Waals surface area contributed by atoms with Crippen molar-refractivity contribution in [2.75, 3.05) is 17.7 Å². The molecule has 22 heavy (non-hydrogen) atoms. The van der Waals surface area contributed by atoms with Crippen LogP contribution >= 0.6 is 22.6 Å². The van der Waals surface area contributed by atoms with Gasteiger partial charge in [0.15, 0.2) is 6.61 Å². The smallest absolute Gasteiger partial charge is 0.340 e. The van der Waals surface area contributed by atoms with Crippen molar-refractivity contribution in [1.82, 2.24) is 0 Å². The molecule has 0 aliphatic carbocycles. The molecular formula is C15H13IN2O4. The lowest BCUT2D eigenvalue weighted by Crippen LogP contribution is -2.21. The van der Waals surface area contributed by atoms with Gasteiger partial charge in [-0.2, -0.15) is 0 Å². The second-order valence-electron chi connectivity index (χ2n) is 4.40. The summed E-state index contributed by atoms with van der Waals surface area (Å²) in [7, 11) is 0. The molecule has 0 aliphatic rings. The zero-order chi connectivity index (χ0) is 16.1. The summed E-state index contributed by atoms with van der Waals surface area (Å²) in [6.07, 6.45) is 0. The third-order valence-corrected chi connectivity index (χ3v) is 3.44. The van der Waals surface area contributed by atoms with Gasteiger partial charge in [-0.25, -0.2) is 4.79 Å². The SMILES string of the molecule is Nc1ccc(O)cc1C(=O)OCC(=O)Nc1ccc(I)cc1. The lowest BCUT2D eigenvalue weighted by molar-refractivity contribution is -0.119. The molecule has 114 valence electrons. The first-order chi connectivity index (χ1) is 10.5. The Morgan fingerprint density at radius 2 is 1.86 bits per heavy atom. The third kappa shape index (κ3) is 4.35. The van der Waals surface area contributed by atoms with Gasteiger partial charge in [-0.3, -0.25) is 4.79 Å². The maximum Gasteiger partial charge on any atom is 0.340 e. The van der Waals surface area contributed by atoms with Gasteiger partial charge in [0.25, 0.3) is 5.91 Å². The Morgan fingerprint density at radius 3 is 2.55 bits per heavy atom. The van der Waals surface area contributed by atoms with Crippen molar-refractivity contribution < 1.29 is 19.4 Å². The number of benzene rings is 2. The van der Waals surface area contributed by atoms with E-state index in [1.165, 1.54) is 18.2 Å². The Hall–Kier alpha value is -2.29. The second kappa shape index (κ2) is 7.12. The average molecular weight is 412 g/mol. The molecule has 0 spiro atoms. The summed E-state index contributed by atoms with van der Waals surface area (Å²) in [6, 6.07) is 11.1. The van der Waals surface area contributed by atoms with E-state index in [0.717, 1.165) is 3.57 Å². The van der Waals surface area contributed by atoms with Crippen LogP contribution in [0.25, 0.3) is 0 Å². The highest BCUT2D eigenvalue weighted by atomic mass is 127. The van der Waals surface area contributed by atoms with Crippen LogP contribution in [0.1, 0.15) is 10.4 Å². The number of carbonyl (C=O) groups is 2. The number of esters is 1. The Morgan fingerprint density at radius 1 is 1.18 bits per heavy atom. The predicted octanol–water partition coefficient (Wildman–Crippen LogP) is 2.37. The van der Waals surface area contributed by atoms with Crippen LogP contribution in [-0.2, 0) is 9.53 Å². The molecule has 2 aromatic rings. The van der Waals surface area contributed by atoms with Crippen LogP contribution in [0.15, 0.2) is 42.5 Å². The van der Waals surface area contributed by atoms with Gasteiger partial charge in [0.1, 0.15) is 5.75 Å². The highest BCUT2D eigenvalue weighted by Crippen LogP contribution is 2.19. The van der Waals surface area contributed by atoms with E-state index in [1.807, 2.05) is 12.1 Å². The number of phenols is 1. The highest BCUT2D eigenvalue weighted by molar-refractivity contribution is 14.1. The van der Waals surface area contributed by atoms with E-state index in [1.54, 1.807) is 12.1 Å². The molecule has 0 bridgehead atoms. The molecule has 2 rings (SSSR count). The predicted molar refractivity (Wildman–Crippen MR) is 90.6 cm³/mol. The van der Waals surface area contributed by atoms with E-state index in [2.05, 4.69) is 27.9 Å². The number of rotatable bonds is 4. The summed E-state index contributed by atoms with van der Waals surface area (Å²) in [5.74, 6) is -1.34. The number of aromatic hydroxyl groups is 1. The molecule has 0 aliphatic heterocycles. The molecule has 2 aromatic carbocycles. The van der Waals surface area contributed by atoms with Crippen molar-refractivity contribution in [3.05, 3.63) is 51.6 Å². The molecule has 4 N–H and O–H groups in total. The Balaban J connectivity index is 1.91. The van der Waals surface area contributed by atoms with Crippen LogP contribution in [0.5, 0.6) is 5.75 Å². The lowest BCUT2D eigenvalue weighted by atomic mass is 10.2. The van der Waals surface area contributed by atoms with E-state index in [4.69, 9.17) is 10.5 Å². The first-order valence-electron chi connectivity index (χ1n) is 6.27. The molecule has 0 unspecified atom stereocenters. The van der Waals surface area contributed by atoms with Crippen molar-refractivity contribution in [2.45, 2.75) is 0 Å². The van der Waals surface area contributed by atoms with Crippen molar-refractivity contribution >= 4 is 45.8 Å². The van der Waals surface area contributed by atoms with Crippen LogP contribution in [0.3, 0.4) is 0 Å². The number of nitrogens with one attached hydrogen (secondary N) is 1. The number of ether oxygens (including phenoxy) is 1. The topological polar surface area (TPSA) is 102 Å². The number of nitrogens with two attached hydrogens (primary N) is 1. The second-order valence-corrected chi connectivity index (χ2v) is 5.65. The number of amides is 1. The Kier molecular flexibility index (Phi) is 5.21. The molecule has 0 saturated heterocycles. The van der Waals surface area contributed by atoms with Crippen LogP contribution in [-0.4, -0.2) is 23.6 Å². The normalized spacial score (nSPS) is 10.0. The van der Waals surface area contributed by atoms with Gasteiger partial charge < -0.3 is 20.9 Å². The average Bonchev–Trinajstić information content (AvgIpc) is 2.49. The van der Waals surface area contributed by atoms with E-state index >= 15 is 0 Å². The molecule has 7 heteroatoms. The fourth-order valence-electron chi connectivity index (χ4n) is 1.66. The zero-order valence-electron chi connectivity index (χ0n) is 11.4. The van der Waals surface area contributed by atoms with Crippen molar-refractivity contribution in [2.24, 2.45) is 0 Å². The van der Waals surface area contributed by atoms with Crippen LogP contribution in [0, 0.1) is 3.57 Å². The fourth-order valence-corrected chi connectivity index (χ4v) is 2.02. The largest absolute Gasteiger partial charge is 0.508 e. The number of anilines is 2. The summed E-state index contributed by atoms with van der Waals surface area (Å²) < 4.78 is 5.92. The lowest BCUT2D eigenvalue weighted by Gasteiger charge is -2.08. The Labute approximate surface area is 140 Å². The molecule has 0 saturated carbocycles. The molecule has 0 radical (unpaired) electrons. The van der Waals surface area contributed by atoms with Gasteiger partial charge in [-0.15, -0.1) is 0 Å². The monoisotopic (exact) mass is 412 g/mol. The van der Waals surface area contributed by atoms with E-state index < -0.39 is 18.5 Å². The number of hydrogen-bond donors (Lipinski definition) is 3. The van der Waals surface area contributed by atoms with Crippen LogP contribution in [0.2, 0.25) is 0 Å².